The maximum Gasteiger partial charge on any atom is 0.354 e. The molecule has 4 nitrogen and oxygen atoms in total. The van der Waals surface area contributed by atoms with Gasteiger partial charge < -0.3 is 9.84 Å². The summed E-state index contributed by atoms with van der Waals surface area (Å²) in [4.78, 5) is 14.9. The van der Waals surface area contributed by atoms with Crippen LogP contribution in [0.3, 0.4) is 0 Å². The highest BCUT2D eigenvalue weighted by Crippen LogP contribution is 2.36. The van der Waals surface area contributed by atoms with Gasteiger partial charge in [0.1, 0.15) is 11.4 Å². The van der Waals surface area contributed by atoms with Crippen LogP contribution in [0.5, 0.6) is 5.75 Å². The maximum atomic E-state index is 10.8. The third kappa shape index (κ3) is 1.67. The number of carbonyl (C=O) groups is 1. The van der Waals surface area contributed by atoms with Gasteiger partial charge in [0.2, 0.25) is 0 Å². The van der Waals surface area contributed by atoms with E-state index in [-0.39, 0.29) is 11.1 Å². The molecule has 0 bridgehead atoms. The largest absolute Gasteiger partial charge is 0.492 e. The highest BCUT2D eigenvalue weighted by molar-refractivity contribution is 5.85. The van der Waals surface area contributed by atoms with Crippen LogP contribution < -0.4 is 4.74 Å². The molecule has 0 radical (unpaired) electrons. The van der Waals surface area contributed by atoms with Crippen LogP contribution in [-0.4, -0.2) is 22.7 Å². The Morgan fingerprint density at radius 2 is 2.27 bits per heavy atom. The third-order valence-electron chi connectivity index (χ3n) is 2.70. The molecule has 80 valence electrons. The first-order valence-corrected chi connectivity index (χ1v) is 4.88. The number of carboxylic acid groups (broad SMARTS) is 1. The van der Waals surface area contributed by atoms with Gasteiger partial charge in [-0.05, 0) is 18.6 Å². The Balaban J connectivity index is 2.53. The normalized spacial score (nSPS) is 17.7. The Bertz CT molecular complexity index is 412. The number of hydrogen-bond acceptors (Lipinski definition) is 3. The summed E-state index contributed by atoms with van der Waals surface area (Å²) in [6, 6.07) is 3.16. The number of fused-ring (bicyclic) bond motifs is 1. The van der Waals surface area contributed by atoms with Crippen molar-refractivity contribution in [3.8, 4) is 5.75 Å². The number of carboxylic acids is 1. The van der Waals surface area contributed by atoms with E-state index >= 15 is 0 Å². The number of hydrogen-bond donors (Lipinski definition) is 1. The molecule has 1 aromatic heterocycles. The van der Waals surface area contributed by atoms with Gasteiger partial charge in [0, 0.05) is 5.41 Å². The maximum absolute atomic E-state index is 10.8. The Labute approximate surface area is 87.9 Å². The fourth-order valence-electron chi connectivity index (χ4n) is 1.70. The van der Waals surface area contributed by atoms with Gasteiger partial charge in [-0.15, -0.1) is 0 Å². The van der Waals surface area contributed by atoms with Crippen molar-refractivity contribution >= 4 is 5.97 Å². The van der Waals surface area contributed by atoms with Gasteiger partial charge in [-0.2, -0.15) is 0 Å². The van der Waals surface area contributed by atoms with Gasteiger partial charge in [0.25, 0.3) is 0 Å². The summed E-state index contributed by atoms with van der Waals surface area (Å²) >= 11 is 0. The van der Waals surface area contributed by atoms with E-state index in [1.165, 1.54) is 6.07 Å². The van der Waals surface area contributed by atoms with Crippen molar-refractivity contribution in [3.05, 3.63) is 23.5 Å². The predicted molar refractivity (Wildman–Crippen MR) is 54.3 cm³/mol. The van der Waals surface area contributed by atoms with Crippen LogP contribution in [-0.2, 0) is 5.41 Å². The summed E-state index contributed by atoms with van der Waals surface area (Å²) in [7, 11) is 0. The highest BCUT2D eigenvalue weighted by atomic mass is 16.5. The summed E-state index contributed by atoms with van der Waals surface area (Å²) in [5.41, 5.74) is 0.708. The van der Waals surface area contributed by atoms with Gasteiger partial charge in [-0.3, -0.25) is 0 Å². The predicted octanol–water partition coefficient (Wildman–Crippen LogP) is 1.84. The van der Waals surface area contributed by atoms with E-state index in [1.54, 1.807) is 6.07 Å². The summed E-state index contributed by atoms with van der Waals surface area (Å²) in [6.07, 6.45) is 0.857. The molecule has 15 heavy (non-hydrogen) atoms. The fraction of sp³-hybridized carbons (Fsp3) is 0.455. The van der Waals surface area contributed by atoms with Crippen LogP contribution in [0, 0.1) is 0 Å². The van der Waals surface area contributed by atoms with Crippen molar-refractivity contribution in [2.24, 2.45) is 0 Å². The van der Waals surface area contributed by atoms with E-state index in [9.17, 15) is 4.79 Å². The smallest absolute Gasteiger partial charge is 0.354 e. The zero-order valence-electron chi connectivity index (χ0n) is 8.78. The minimum absolute atomic E-state index is 0.0762. The van der Waals surface area contributed by atoms with E-state index in [0.717, 1.165) is 12.1 Å². The Morgan fingerprint density at radius 1 is 1.53 bits per heavy atom. The van der Waals surface area contributed by atoms with E-state index in [1.807, 2.05) is 13.8 Å². The number of rotatable bonds is 1. The lowest BCUT2D eigenvalue weighted by molar-refractivity contribution is 0.0689. The van der Waals surface area contributed by atoms with Crippen molar-refractivity contribution < 1.29 is 14.6 Å². The highest BCUT2D eigenvalue weighted by Gasteiger charge is 2.31. The SMILES string of the molecule is CC1(C)CCOc2ccc(C(=O)O)nc21. The third-order valence-corrected chi connectivity index (χ3v) is 2.70. The molecule has 0 aromatic carbocycles. The number of ether oxygens (including phenoxy) is 1. The molecular weight excluding hydrogens is 194 g/mol. The molecule has 0 spiro atoms. The van der Waals surface area contributed by atoms with Crippen LogP contribution in [0.2, 0.25) is 0 Å². The second kappa shape index (κ2) is 3.22. The first-order valence-electron chi connectivity index (χ1n) is 4.88. The summed E-state index contributed by atoms with van der Waals surface area (Å²) in [5.74, 6) is -0.296. The summed E-state index contributed by atoms with van der Waals surface area (Å²) < 4.78 is 5.44. The van der Waals surface area contributed by atoms with E-state index in [2.05, 4.69) is 4.98 Å². The molecule has 0 amide bonds. The van der Waals surface area contributed by atoms with E-state index in [0.29, 0.717) is 12.4 Å². The first kappa shape index (κ1) is 9.96. The zero-order valence-corrected chi connectivity index (χ0v) is 8.78. The van der Waals surface area contributed by atoms with E-state index in [4.69, 9.17) is 9.84 Å². The lowest BCUT2D eigenvalue weighted by atomic mass is 9.83. The van der Waals surface area contributed by atoms with Crippen LogP contribution in [0.15, 0.2) is 12.1 Å². The Kier molecular flexibility index (Phi) is 2.14. The molecule has 0 unspecified atom stereocenters. The molecule has 1 N–H and O–H groups in total. The lowest BCUT2D eigenvalue weighted by Gasteiger charge is -2.31. The number of aromatic carboxylic acids is 1. The quantitative estimate of drug-likeness (QED) is 0.763. The monoisotopic (exact) mass is 207 g/mol. The molecule has 1 aromatic rings. The lowest BCUT2D eigenvalue weighted by Crippen LogP contribution is -2.28. The van der Waals surface area contributed by atoms with Crippen LogP contribution in [0.4, 0.5) is 0 Å². The van der Waals surface area contributed by atoms with Crippen LogP contribution in [0.25, 0.3) is 0 Å². The van der Waals surface area contributed by atoms with Crippen molar-refractivity contribution in [2.75, 3.05) is 6.61 Å². The molecule has 0 aliphatic carbocycles. The molecule has 1 aliphatic heterocycles. The molecule has 2 rings (SSSR count). The second-order valence-electron chi connectivity index (χ2n) is 4.33. The minimum Gasteiger partial charge on any atom is -0.492 e. The Hall–Kier alpha value is -1.58. The van der Waals surface area contributed by atoms with Gasteiger partial charge in [-0.25, -0.2) is 9.78 Å². The topological polar surface area (TPSA) is 59.4 Å². The molecule has 0 saturated carbocycles. The van der Waals surface area contributed by atoms with Gasteiger partial charge >= 0.3 is 5.97 Å². The molecular formula is C11H13NO3. The van der Waals surface area contributed by atoms with Crippen molar-refractivity contribution in [1.29, 1.82) is 0 Å². The molecule has 0 fully saturated rings. The molecule has 2 heterocycles. The van der Waals surface area contributed by atoms with Gasteiger partial charge in [0.15, 0.2) is 0 Å². The minimum atomic E-state index is -1.00. The number of nitrogens with zero attached hydrogens (tertiary/aromatic N) is 1. The van der Waals surface area contributed by atoms with Crippen LogP contribution in [0.1, 0.15) is 36.5 Å². The second-order valence-corrected chi connectivity index (χ2v) is 4.33. The average molecular weight is 207 g/mol. The summed E-state index contributed by atoms with van der Waals surface area (Å²) in [6.45, 7) is 4.76. The first-order chi connectivity index (χ1) is 7.00. The molecule has 1 aliphatic rings. The van der Waals surface area contributed by atoms with E-state index < -0.39 is 5.97 Å². The summed E-state index contributed by atoms with van der Waals surface area (Å²) in [5, 5.41) is 8.85. The van der Waals surface area contributed by atoms with Crippen LogP contribution >= 0.6 is 0 Å². The van der Waals surface area contributed by atoms with Gasteiger partial charge in [-0.1, -0.05) is 13.8 Å². The molecule has 0 atom stereocenters. The average Bonchev–Trinajstić information content (AvgIpc) is 2.17. The molecule has 0 saturated heterocycles. The van der Waals surface area contributed by atoms with Crippen molar-refractivity contribution in [2.45, 2.75) is 25.7 Å². The Morgan fingerprint density at radius 3 is 2.93 bits per heavy atom. The van der Waals surface area contributed by atoms with Crippen molar-refractivity contribution in [1.82, 2.24) is 4.98 Å². The zero-order chi connectivity index (χ0) is 11.1. The number of pyridine rings is 1. The fourth-order valence-corrected chi connectivity index (χ4v) is 1.70. The molecule has 4 heteroatoms. The van der Waals surface area contributed by atoms with Gasteiger partial charge in [0.05, 0.1) is 12.3 Å². The number of aromatic nitrogens is 1. The van der Waals surface area contributed by atoms with Crippen molar-refractivity contribution in [3.63, 3.8) is 0 Å². The standard InChI is InChI=1S/C11H13NO3/c1-11(2)5-6-15-8-4-3-7(10(13)14)12-9(8)11/h3-4H,5-6H2,1-2H3,(H,13,14).